The van der Waals surface area contributed by atoms with Crippen molar-refractivity contribution in [3.8, 4) is 0 Å². The van der Waals surface area contributed by atoms with Gasteiger partial charge in [-0.2, -0.15) is 12.7 Å². The lowest BCUT2D eigenvalue weighted by atomic mass is 10.4. The van der Waals surface area contributed by atoms with Crippen LogP contribution in [0.2, 0.25) is 0 Å². The van der Waals surface area contributed by atoms with Gasteiger partial charge in [0.05, 0.1) is 0 Å². The molecule has 0 aliphatic carbocycles. The summed E-state index contributed by atoms with van der Waals surface area (Å²) in [6.45, 7) is 0. The summed E-state index contributed by atoms with van der Waals surface area (Å²) in [6.07, 6.45) is 0. The minimum atomic E-state index is -3.35. The number of hydrogen-bond acceptors (Lipinski definition) is 3. The largest absolute Gasteiger partial charge is 0.290 e. The average molecular weight is 246 g/mol. The molecule has 1 rings (SSSR count). The minimum absolute atomic E-state index is 0.894. The highest BCUT2D eigenvalue weighted by atomic mass is 32.3. The van der Waals surface area contributed by atoms with Gasteiger partial charge in [-0.1, -0.05) is 18.2 Å². The van der Waals surface area contributed by atoms with Crippen LogP contribution in [0.4, 0.5) is 0 Å². The average Bonchev–Trinajstić information content (AvgIpc) is 2.18. The molecule has 0 aliphatic rings. The summed E-state index contributed by atoms with van der Waals surface area (Å²) in [5, 5.41) is 0. The Labute approximate surface area is 95.2 Å². The Morgan fingerprint density at radius 1 is 1.07 bits per heavy atom. The summed E-state index contributed by atoms with van der Waals surface area (Å²) in [6, 6.07) is 9.38. The third-order valence-electron chi connectivity index (χ3n) is 1.76. The van der Waals surface area contributed by atoms with Gasteiger partial charge in [0, 0.05) is 26.0 Å². The quantitative estimate of drug-likeness (QED) is 0.755. The maximum absolute atomic E-state index is 11.7. The zero-order chi connectivity index (χ0) is 11.5. The molecule has 0 fully saturated rings. The Hall–Kier alpha value is -0.560. The maximum atomic E-state index is 11.7. The van der Waals surface area contributed by atoms with Crippen molar-refractivity contribution >= 4 is 22.2 Å². The highest BCUT2D eigenvalue weighted by molar-refractivity contribution is 8.07. The highest BCUT2D eigenvalue weighted by Crippen LogP contribution is 2.23. The summed E-state index contributed by atoms with van der Waals surface area (Å²) >= 11 is 1.18. The van der Waals surface area contributed by atoms with E-state index in [-0.39, 0.29) is 0 Å². The van der Waals surface area contributed by atoms with Crippen LogP contribution in [0.15, 0.2) is 35.2 Å². The van der Waals surface area contributed by atoms with Crippen LogP contribution in [0, 0.1) is 0 Å². The van der Waals surface area contributed by atoms with Gasteiger partial charge in [-0.25, -0.2) is 0 Å². The van der Waals surface area contributed by atoms with Crippen molar-refractivity contribution in [1.29, 1.82) is 0 Å². The molecule has 0 spiro atoms. The smallest absolute Gasteiger partial charge is 0.194 e. The number of benzene rings is 1. The fourth-order valence-corrected chi connectivity index (χ4v) is 2.98. The van der Waals surface area contributed by atoms with Gasteiger partial charge < -0.3 is 0 Å². The molecule has 0 saturated carbocycles. The van der Waals surface area contributed by atoms with E-state index >= 15 is 0 Å². The molecule has 0 unspecified atom stereocenters. The van der Waals surface area contributed by atoms with Gasteiger partial charge in [0.25, 0.3) is 10.2 Å². The highest BCUT2D eigenvalue weighted by Gasteiger charge is 2.21. The second-order valence-electron chi connectivity index (χ2n) is 3.10. The van der Waals surface area contributed by atoms with E-state index in [1.54, 1.807) is 0 Å². The molecule has 0 saturated heterocycles. The van der Waals surface area contributed by atoms with Crippen molar-refractivity contribution in [1.82, 2.24) is 8.02 Å². The first-order chi connectivity index (χ1) is 6.94. The lowest BCUT2D eigenvalue weighted by molar-refractivity contribution is 0.487. The second kappa shape index (κ2) is 4.98. The molecule has 1 aromatic rings. The van der Waals surface area contributed by atoms with E-state index in [0.29, 0.717) is 0 Å². The fourth-order valence-electron chi connectivity index (χ4n) is 0.907. The van der Waals surface area contributed by atoms with E-state index in [1.807, 2.05) is 30.3 Å². The third kappa shape index (κ3) is 3.20. The predicted molar refractivity (Wildman–Crippen MR) is 62.7 cm³/mol. The Morgan fingerprint density at radius 2 is 1.60 bits per heavy atom. The zero-order valence-electron chi connectivity index (χ0n) is 8.91. The molecular weight excluding hydrogens is 232 g/mol. The van der Waals surface area contributed by atoms with E-state index in [0.717, 1.165) is 4.90 Å². The molecule has 0 radical (unpaired) electrons. The molecule has 0 amide bonds. The molecule has 15 heavy (non-hydrogen) atoms. The molecule has 0 aromatic heterocycles. The van der Waals surface area contributed by atoms with E-state index < -0.39 is 10.2 Å². The van der Waals surface area contributed by atoms with Crippen LogP contribution in [0.5, 0.6) is 0 Å². The second-order valence-corrected chi connectivity index (χ2v) is 6.71. The van der Waals surface area contributed by atoms with Crippen molar-refractivity contribution in [2.24, 2.45) is 0 Å². The van der Waals surface area contributed by atoms with Gasteiger partial charge in [0.2, 0.25) is 0 Å². The normalized spacial score (nSPS) is 12.3. The lowest BCUT2D eigenvalue weighted by Crippen LogP contribution is -2.33. The lowest BCUT2D eigenvalue weighted by Gasteiger charge is -2.19. The number of rotatable bonds is 4. The molecule has 84 valence electrons. The molecular formula is C9H14N2O2S2. The maximum Gasteiger partial charge on any atom is 0.290 e. The van der Waals surface area contributed by atoms with Gasteiger partial charge >= 0.3 is 0 Å². The first-order valence-electron chi connectivity index (χ1n) is 4.34. The summed E-state index contributed by atoms with van der Waals surface area (Å²) < 4.78 is 25.8. The van der Waals surface area contributed by atoms with Crippen molar-refractivity contribution in [3.05, 3.63) is 30.3 Å². The molecule has 0 bridgehead atoms. The van der Waals surface area contributed by atoms with E-state index in [4.69, 9.17) is 0 Å². The SMILES string of the molecule is CN(C)S(=O)(=O)N(C)Sc1ccccc1. The molecule has 0 aliphatic heterocycles. The van der Waals surface area contributed by atoms with Crippen molar-refractivity contribution in [2.45, 2.75) is 4.90 Å². The van der Waals surface area contributed by atoms with E-state index in [9.17, 15) is 8.42 Å². The number of nitrogens with zero attached hydrogens (tertiary/aromatic N) is 2. The van der Waals surface area contributed by atoms with Crippen LogP contribution in [-0.4, -0.2) is 37.6 Å². The Kier molecular flexibility index (Phi) is 4.15. The van der Waals surface area contributed by atoms with Gasteiger partial charge in [0.1, 0.15) is 0 Å². The first-order valence-corrected chi connectivity index (χ1v) is 6.51. The van der Waals surface area contributed by atoms with Gasteiger partial charge in [0.15, 0.2) is 0 Å². The van der Waals surface area contributed by atoms with Crippen molar-refractivity contribution < 1.29 is 8.42 Å². The third-order valence-corrected chi connectivity index (χ3v) is 4.87. The van der Waals surface area contributed by atoms with Crippen LogP contribution in [0.3, 0.4) is 0 Å². The Morgan fingerprint density at radius 3 is 2.07 bits per heavy atom. The van der Waals surface area contributed by atoms with Gasteiger partial charge in [-0.3, -0.25) is 0 Å². The van der Waals surface area contributed by atoms with Crippen LogP contribution < -0.4 is 0 Å². The summed E-state index contributed by atoms with van der Waals surface area (Å²) in [4.78, 5) is 0.894. The van der Waals surface area contributed by atoms with Crippen molar-refractivity contribution in [2.75, 3.05) is 21.1 Å². The number of hydrogen-bond donors (Lipinski definition) is 0. The minimum Gasteiger partial charge on any atom is -0.194 e. The fraction of sp³-hybridized carbons (Fsp3) is 0.333. The topological polar surface area (TPSA) is 40.6 Å². The van der Waals surface area contributed by atoms with Crippen LogP contribution in [-0.2, 0) is 10.2 Å². The molecule has 0 atom stereocenters. The Balaban J connectivity index is 2.77. The summed E-state index contributed by atoms with van der Waals surface area (Å²) in [5.41, 5.74) is 0. The zero-order valence-corrected chi connectivity index (χ0v) is 10.5. The molecule has 6 heteroatoms. The van der Waals surface area contributed by atoms with Gasteiger partial charge in [-0.15, -0.1) is 3.71 Å². The predicted octanol–water partition coefficient (Wildman–Crippen LogP) is 1.43. The van der Waals surface area contributed by atoms with Crippen molar-refractivity contribution in [3.63, 3.8) is 0 Å². The standard InChI is InChI=1S/C9H14N2O2S2/c1-10(2)15(12,13)11(3)14-9-7-5-4-6-8-9/h4-8H,1-3H3. The Bertz CT molecular complexity index is 403. The molecule has 4 nitrogen and oxygen atoms in total. The summed E-state index contributed by atoms with van der Waals surface area (Å²) in [5.74, 6) is 0. The first kappa shape index (κ1) is 12.5. The van der Waals surface area contributed by atoms with Crippen LogP contribution in [0.25, 0.3) is 0 Å². The van der Waals surface area contributed by atoms with E-state index in [2.05, 4.69) is 0 Å². The monoisotopic (exact) mass is 246 g/mol. The summed E-state index contributed by atoms with van der Waals surface area (Å²) in [7, 11) is 1.21. The molecule has 1 aromatic carbocycles. The van der Waals surface area contributed by atoms with Crippen LogP contribution >= 0.6 is 11.9 Å². The van der Waals surface area contributed by atoms with Gasteiger partial charge in [-0.05, 0) is 24.1 Å². The molecule has 0 heterocycles. The molecule has 0 N–H and O–H groups in total. The van der Waals surface area contributed by atoms with E-state index in [1.165, 1.54) is 41.1 Å². The van der Waals surface area contributed by atoms with Crippen LogP contribution in [0.1, 0.15) is 0 Å².